The van der Waals surface area contributed by atoms with Crippen LogP contribution in [0.4, 0.5) is 0 Å². The van der Waals surface area contributed by atoms with Crippen LogP contribution in [0.15, 0.2) is 0 Å². The molecule has 0 heterocycles. The Labute approximate surface area is 91.0 Å². The number of hydrogen-bond donors (Lipinski definition) is 0. The van der Waals surface area contributed by atoms with Gasteiger partial charge in [0.25, 0.3) is 0 Å². The first-order chi connectivity index (χ1) is 6.74. The molecule has 0 aliphatic heterocycles. The summed E-state index contributed by atoms with van der Waals surface area (Å²) in [6, 6.07) is 0. The molecule has 0 fully saturated rings. The fraction of sp³-hybridized carbons (Fsp3) is 1.00. The maximum atomic E-state index is 5.27. The zero-order valence-corrected chi connectivity index (χ0v) is 11.6. The first-order valence-corrected chi connectivity index (χ1v) is 9.06. The zero-order valence-electron chi connectivity index (χ0n) is 10.6. The van der Waals surface area contributed by atoms with E-state index in [4.69, 9.17) is 4.74 Å². The molecule has 0 spiro atoms. The summed E-state index contributed by atoms with van der Waals surface area (Å²) in [4.78, 5) is 0. The van der Waals surface area contributed by atoms with Gasteiger partial charge in [-0.1, -0.05) is 0 Å². The van der Waals surface area contributed by atoms with Crippen LogP contribution in [0.5, 0.6) is 0 Å². The van der Waals surface area contributed by atoms with E-state index in [-0.39, 0.29) is 0 Å². The van der Waals surface area contributed by atoms with Crippen molar-refractivity contribution in [3.63, 3.8) is 0 Å². The van der Waals surface area contributed by atoms with E-state index < -0.39 is 7.26 Å². The summed E-state index contributed by atoms with van der Waals surface area (Å²) in [5, 5.41) is 0. The van der Waals surface area contributed by atoms with Crippen molar-refractivity contribution in [1.82, 2.24) is 0 Å². The predicted molar refractivity (Wildman–Crippen MR) is 70.5 cm³/mol. The molecule has 0 aromatic carbocycles. The molecule has 0 rings (SSSR count). The SMILES string of the molecule is CCC[PH](CCC)(CCC)CCOC. The number of methoxy groups -OCH3 is 1. The molecule has 0 saturated carbocycles. The van der Waals surface area contributed by atoms with Gasteiger partial charge in [-0.3, -0.25) is 0 Å². The third kappa shape index (κ3) is 5.32. The minimum absolute atomic E-state index is 0.941. The number of ether oxygens (including phenoxy) is 1. The third-order valence-corrected chi connectivity index (χ3v) is 9.12. The van der Waals surface area contributed by atoms with Gasteiger partial charge in [-0.05, 0) is 0 Å². The monoisotopic (exact) mass is 220 g/mol. The van der Waals surface area contributed by atoms with Gasteiger partial charge in [-0.25, -0.2) is 0 Å². The molecule has 0 amide bonds. The summed E-state index contributed by atoms with van der Waals surface area (Å²) in [6.45, 7) is 7.99. The van der Waals surface area contributed by atoms with E-state index in [9.17, 15) is 0 Å². The van der Waals surface area contributed by atoms with E-state index in [1.165, 1.54) is 43.9 Å². The summed E-state index contributed by atoms with van der Waals surface area (Å²) in [6.07, 6.45) is 10.0. The molecule has 0 aliphatic rings. The summed E-state index contributed by atoms with van der Waals surface area (Å²) in [5.74, 6) is 0. The Morgan fingerprint density at radius 2 is 1.21 bits per heavy atom. The van der Waals surface area contributed by atoms with E-state index in [1.807, 2.05) is 7.11 Å². The Hall–Kier alpha value is 0.390. The molecule has 0 radical (unpaired) electrons. The van der Waals surface area contributed by atoms with Crippen LogP contribution in [0.3, 0.4) is 0 Å². The normalized spacial score (nSPS) is 13.1. The van der Waals surface area contributed by atoms with Gasteiger partial charge in [0.2, 0.25) is 0 Å². The Morgan fingerprint density at radius 3 is 1.50 bits per heavy atom. The molecular weight excluding hydrogens is 191 g/mol. The standard InChI is InChI=1S/C12H29OP/c1-5-9-14(10-6-2,11-7-3)12-8-13-4/h14H,5-12H2,1-4H3. The first kappa shape index (κ1) is 14.4. The van der Waals surface area contributed by atoms with Gasteiger partial charge >= 0.3 is 90.4 Å². The Balaban J connectivity index is 4.21. The van der Waals surface area contributed by atoms with Crippen molar-refractivity contribution in [3.05, 3.63) is 0 Å². The summed E-state index contributed by atoms with van der Waals surface area (Å²) in [7, 11) is 0.895. The van der Waals surface area contributed by atoms with E-state index in [1.54, 1.807) is 0 Å². The molecule has 88 valence electrons. The fourth-order valence-electron chi connectivity index (χ4n) is 2.66. The average molecular weight is 220 g/mol. The van der Waals surface area contributed by atoms with Crippen molar-refractivity contribution >= 4 is 7.26 Å². The van der Waals surface area contributed by atoms with Gasteiger partial charge in [0.05, 0.1) is 0 Å². The molecule has 14 heavy (non-hydrogen) atoms. The molecule has 0 saturated heterocycles. The predicted octanol–water partition coefficient (Wildman–Crippen LogP) is 3.61. The summed E-state index contributed by atoms with van der Waals surface area (Å²) < 4.78 is 5.27. The van der Waals surface area contributed by atoms with Crippen LogP contribution in [0, 0.1) is 0 Å². The van der Waals surface area contributed by atoms with E-state index in [0.717, 1.165) is 6.61 Å². The molecule has 0 atom stereocenters. The summed E-state index contributed by atoms with van der Waals surface area (Å²) in [5.41, 5.74) is 0. The maximum absolute atomic E-state index is 5.27. The van der Waals surface area contributed by atoms with Crippen molar-refractivity contribution in [1.29, 1.82) is 0 Å². The van der Waals surface area contributed by atoms with Crippen LogP contribution < -0.4 is 0 Å². The second-order valence-corrected chi connectivity index (χ2v) is 9.49. The fourth-order valence-corrected chi connectivity index (χ4v) is 7.98. The minimum atomic E-state index is -0.941. The second-order valence-electron chi connectivity index (χ2n) is 4.49. The van der Waals surface area contributed by atoms with Crippen LogP contribution >= 0.6 is 7.26 Å². The molecule has 0 N–H and O–H groups in total. The van der Waals surface area contributed by atoms with Crippen molar-refractivity contribution in [2.45, 2.75) is 40.0 Å². The van der Waals surface area contributed by atoms with Crippen molar-refractivity contribution in [3.8, 4) is 0 Å². The van der Waals surface area contributed by atoms with Crippen LogP contribution in [0.25, 0.3) is 0 Å². The Kier molecular flexibility index (Phi) is 8.92. The van der Waals surface area contributed by atoms with Gasteiger partial charge in [0.1, 0.15) is 0 Å². The zero-order chi connectivity index (χ0) is 10.9. The van der Waals surface area contributed by atoms with Crippen molar-refractivity contribution < 1.29 is 4.74 Å². The average Bonchev–Trinajstić information content (AvgIpc) is 2.16. The third-order valence-electron chi connectivity index (χ3n) is 3.18. The molecule has 2 heteroatoms. The van der Waals surface area contributed by atoms with Gasteiger partial charge in [0.15, 0.2) is 0 Å². The number of hydrogen-bond acceptors (Lipinski definition) is 1. The van der Waals surface area contributed by atoms with E-state index in [2.05, 4.69) is 20.8 Å². The molecular formula is C12H29OP. The van der Waals surface area contributed by atoms with Crippen LogP contribution in [-0.4, -0.2) is 38.4 Å². The van der Waals surface area contributed by atoms with Crippen molar-refractivity contribution in [2.24, 2.45) is 0 Å². The molecule has 0 unspecified atom stereocenters. The Bertz CT molecular complexity index is 108. The molecule has 0 aromatic rings. The van der Waals surface area contributed by atoms with Gasteiger partial charge < -0.3 is 0 Å². The first-order valence-electron chi connectivity index (χ1n) is 6.23. The number of rotatable bonds is 9. The topological polar surface area (TPSA) is 9.23 Å². The summed E-state index contributed by atoms with van der Waals surface area (Å²) >= 11 is 0. The molecule has 0 aromatic heterocycles. The van der Waals surface area contributed by atoms with Gasteiger partial charge in [0, 0.05) is 0 Å². The van der Waals surface area contributed by atoms with Crippen molar-refractivity contribution in [2.75, 3.05) is 38.4 Å². The van der Waals surface area contributed by atoms with Crippen LogP contribution in [0.2, 0.25) is 0 Å². The second kappa shape index (κ2) is 8.68. The van der Waals surface area contributed by atoms with E-state index in [0.29, 0.717) is 0 Å². The van der Waals surface area contributed by atoms with Gasteiger partial charge in [-0.2, -0.15) is 0 Å². The molecule has 0 bridgehead atoms. The van der Waals surface area contributed by atoms with Crippen LogP contribution in [0.1, 0.15) is 40.0 Å². The Morgan fingerprint density at radius 1 is 0.786 bits per heavy atom. The van der Waals surface area contributed by atoms with Gasteiger partial charge in [-0.15, -0.1) is 0 Å². The quantitative estimate of drug-likeness (QED) is 0.539. The van der Waals surface area contributed by atoms with Crippen LogP contribution in [-0.2, 0) is 4.74 Å². The molecule has 1 nitrogen and oxygen atoms in total. The molecule has 0 aliphatic carbocycles. The van der Waals surface area contributed by atoms with E-state index >= 15 is 0 Å².